The van der Waals surface area contributed by atoms with Crippen LogP contribution in [-0.2, 0) is 11.3 Å². The highest BCUT2D eigenvalue weighted by Crippen LogP contribution is 2.33. The van der Waals surface area contributed by atoms with Crippen molar-refractivity contribution in [3.63, 3.8) is 0 Å². The van der Waals surface area contributed by atoms with Gasteiger partial charge in [-0.25, -0.2) is 0 Å². The van der Waals surface area contributed by atoms with Crippen LogP contribution in [0.1, 0.15) is 28.4 Å². The first kappa shape index (κ1) is 19.4. The molecule has 4 rings (SSSR count). The van der Waals surface area contributed by atoms with Crippen LogP contribution in [0.4, 0.5) is 5.69 Å². The second kappa shape index (κ2) is 8.23. The molecule has 0 saturated carbocycles. The number of nitrogens with zero attached hydrogens (tertiary/aromatic N) is 1. The Morgan fingerprint density at radius 3 is 2.76 bits per heavy atom. The van der Waals surface area contributed by atoms with Gasteiger partial charge in [0.1, 0.15) is 5.75 Å². The predicted molar refractivity (Wildman–Crippen MR) is 115 cm³/mol. The zero-order valence-electron chi connectivity index (χ0n) is 16.8. The van der Waals surface area contributed by atoms with Crippen molar-refractivity contribution in [2.75, 3.05) is 25.0 Å². The number of anilines is 1. The van der Waals surface area contributed by atoms with Crippen LogP contribution in [0.3, 0.4) is 0 Å². The SMILES string of the molecule is Cc1ccccc1NC(=O)c1cc2ccccc2c(CN2CCO[C@@H](C)C2)c1O. The van der Waals surface area contributed by atoms with E-state index in [1.54, 1.807) is 6.07 Å². The topological polar surface area (TPSA) is 61.8 Å². The van der Waals surface area contributed by atoms with Crippen LogP contribution in [0.2, 0.25) is 0 Å². The van der Waals surface area contributed by atoms with E-state index in [2.05, 4.69) is 17.1 Å². The van der Waals surface area contributed by atoms with E-state index < -0.39 is 0 Å². The molecule has 0 radical (unpaired) electrons. The molecule has 0 aliphatic carbocycles. The Bertz CT molecular complexity index is 1050. The second-order valence-electron chi connectivity index (χ2n) is 7.66. The van der Waals surface area contributed by atoms with E-state index in [1.807, 2.05) is 55.5 Å². The third-order valence-electron chi connectivity index (χ3n) is 5.47. The molecule has 1 aliphatic heterocycles. The average Bonchev–Trinajstić information content (AvgIpc) is 2.71. The zero-order chi connectivity index (χ0) is 20.4. The fraction of sp³-hybridized carbons (Fsp3) is 0.292. The Morgan fingerprint density at radius 1 is 1.21 bits per heavy atom. The van der Waals surface area contributed by atoms with E-state index in [0.717, 1.165) is 40.7 Å². The molecular formula is C24H26N2O3. The number of morpholine rings is 1. The Kier molecular flexibility index (Phi) is 5.51. The molecule has 5 heteroatoms. The average molecular weight is 390 g/mol. The van der Waals surface area contributed by atoms with Gasteiger partial charge in [0.05, 0.1) is 18.3 Å². The molecule has 150 valence electrons. The number of aryl methyl sites for hydroxylation is 1. The lowest BCUT2D eigenvalue weighted by Crippen LogP contribution is -2.40. The lowest BCUT2D eigenvalue weighted by Gasteiger charge is -2.31. The molecule has 3 aromatic rings. The van der Waals surface area contributed by atoms with E-state index in [-0.39, 0.29) is 17.8 Å². The molecule has 1 fully saturated rings. The smallest absolute Gasteiger partial charge is 0.259 e. The molecule has 0 aromatic heterocycles. The van der Waals surface area contributed by atoms with Crippen LogP contribution in [0.5, 0.6) is 5.75 Å². The van der Waals surface area contributed by atoms with Gasteiger partial charge in [-0.3, -0.25) is 9.69 Å². The number of benzene rings is 3. The molecule has 5 nitrogen and oxygen atoms in total. The lowest BCUT2D eigenvalue weighted by atomic mass is 9.98. The third-order valence-corrected chi connectivity index (χ3v) is 5.47. The highest BCUT2D eigenvalue weighted by Gasteiger charge is 2.23. The van der Waals surface area contributed by atoms with Gasteiger partial charge in [0.2, 0.25) is 0 Å². The summed E-state index contributed by atoms with van der Waals surface area (Å²) < 4.78 is 5.63. The van der Waals surface area contributed by atoms with Crippen LogP contribution >= 0.6 is 0 Å². The number of carbonyl (C=O) groups is 1. The molecule has 3 aromatic carbocycles. The third kappa shape index (κ3) is 4.11. The van der Waals surface area contributed by atoms with Gasteiger partial charge in [0, 0.05) is 30.9 Å². The van der Waals surface area contributed by atoms with Gasteiger partial charge >= 0.3 is 0 Å². The Balaban J connectivity index is 1.72. The van der Waals surface area contributed by atoms with E-state index in [4.69, 9.17) is 4.74 Å². The van der Waals surface area contributed by atoms with Gasteiger partial charge < -0.3 is 15.2 Å². The summed E-state index contributed by atoms with van der Waals surface area (Å²) in [6.07, 6.45) is 0.157. The first-order chi connectivity index (χ1) is 14.0. The van der Waals surface area contributed by atoms with E-state index in [9.17, 15) is 9.90 Å². The van der Waals surface area contributed by atoms with Gasteiger partial charge in [-0.2, -0.15) is 0 Å². The second-order valence-corrected chi connectivity index (χ2v) is 7.66. The molecule has 0 spiro atoms. The Labute approximate surface area is 170 Å². The number of amides is 1. The van der Waals surface area contributed by atoms with E-state index in [1.165, 1.54) is 0 Å². The lowest BCUT2D eigenvalue weighted by molar-refractivity contribution is -0.0212. The minimum Gasteiger partial charge on any atom is -0.507 e. The van der Waals surface area contributed by atoms with Crippen LogP contribution in [-0.4, -0.2) is 41.7 Å². The molecule has 1 saturated heterocycles. The fourth-order valence-corrected chi connectivity index (χ4v) is 3.91. The maximum Gasteiger partial charge on any atom is 0.259 e. The van der Waals surface area contributed by atoms with Gasteiger partial charge in [-0.05, 0) is 42.3 Å². The van der Waals surface area contributed by atoms with Crippen LogP contribution in [0, 0.1) is 6.92 Å². The van der Waals surface area contributed by atoms with Crippen LogP contribution in [0.25, 0.3) is 10.8 Å². The predicted octanol–water partition coefficient (Wildman–Crippen LogP) is 4.33. The molecule has 1 amide bonds. The number of para-hydroxylation sites is 1. The van der Waals surface area contributed by atoms with Crippen molar-refractivity contribution in [1.29, 1.82) is 0 Å². The van der Waals surface area contributed by atoms with Gasteiger partial charge in [0.25, 0.3) is 5.91 Å². The maximum atomic E-state index is 13.0. The van der Waals surface area contributed by atoms with Crippen molar-refractivity contribution in [3.05, 3.63) is 71.3 Å². The molecule has 29 heavy (non-hydrogen) atoms. The molecule has 1 heterocycles. The van der Waals surface area contributed by atoms with Crippen molar-refractivity contribution >= 4 is 22.4 Å². The Morgan fingerprint density at radius 2 is 1.97 bits per heavy atom. The first-order valence-electron chi connectivity index (χ1n) is 9.97. The van der Waals surface area contributed by atoms with Gasteiger partial charge in [0.15, 0.2) is 0 Å². The summed E-state index contributed by atoms with van der Waals surface area (Å²) in [5.74, 6) is -0.256. The minimum atomic E-state index is -0.306. The summed E-state index contributed by atoms with van der Waals surface area (Å²) in [5.41, 5.74) is 2.80. The van der Waals surface area contributed by atoms with Crippen molar-refractivity contribution in [2.24, 2.45) is 0 Å². The highest BCUT2D eigenvalue weighted by atomic mass is 16.5. The number of fused-ring (bicyclic) bond motifs is 1. The molecule has 0 unspecified atom stereocenters. The fourth-order valence-electron chi connectivity index (χ4n) is 3.91. The van der Waals surface area contributed by atoms with Crippen molar-refractivity contribution in [3.8, 4) is 5.75 Å². The Hall–Kier alpha value is -2.89. The number of carbonyl (C=O) groups excluding carboxylic acids is 1. The molecule has 1 aliphatic rings. The van der Waals surface area contributed by atoms with Gasteiger partial charge in [-0.1, -0.05) is 42.5 Å². The number of phenols is 1. The van der Waals surface area contributed by atoms with Crippen molar-refractivity contribution in [2.45, 2.75) is 26.5 Å². The zero-order valence-corrected chi connectivity index (χ0v) is 16.8. The minimum absolute atomic E-state index is 0.0499. The summed E-state index contributed by atoms with van der Waals surface area (Å²) in [7, 11) is 0. The van der Waals surface area contributed by atoms with E-state index in [0.29, 0.717) is 18.7 Å². The molecule has 0 bridgehead atoms. The quantitative estimate of drug-likeness (QED) is 0.696. The highest BCUT2D eigenvalue weighted by molar-refractivity contribution is 6.09. The summed E-state index contributed by atoms with van der Waals surface area (Å²) >= 11 is 0. The first-order valence-corrected chi connectivity index (χ1v) is 9.97. The van der Waals surface area contributed by atoms with Crippen LogP contribution in [0.15, 0.2) is 54.6 Å². The van der Waals surface area contributed by atoms with Crippen molar-refractivity contribution < 1.29 is 14.6 Å². The summed E-state index contributed by atoms with van der Waals surface area (Å²) in [6.45, 7) is 6.85. The summed E-state index contributed by atoms with van der Waals surface area (Å²) in [4.78, 5) is 15.3. The monoisotopic (exact) mass is 390 g/mol. The largest absolute Gasteiger partial charge is 0.507 e. The number of nitrogens with one attached hydrogen (secondary N) is 1. The summed E-state index contributed by atoms with van der Waals surface area (Å²) in [6, 6.07) is 17.3. The maximum absolute atomic E-state index is 13.0. The van der Waals surface area contributed by atoms with E-state index >= 15 is 0 Å². The number of phenolic OH excluding ortho intramolecular Hbond substituents is 1. The number of hydrogen-bond acceptors (Lipinski definition) is 4. The van der Waals surface area contributed by atoms with Crippen LogP contribution < -0.4 is 5.32 Å². The number of aromatic hydroxyl groups is 1. The van der Waals surface area contributed by atoms with Gasteiger partial charge in [-0.15, -0.1) is 0 Å². The summed E-state index contributed by atoms with van der Waals surface area (Å²) in [5, 5.41) is 15.9. The molecular weight excluding hydrogens is 364 g/mol. The normalized spacial score (nSPS) is 17.4. The molecule has 1 atom stereocenters. The molecule has 2 N–H and O–H groups in total. The number of ether oxygens (including phenoxy) is 1. The number of hydrogen-bond donors (Lipinski definition) is 2. The standard InChI is InChI=1S/C24H26N2O3/c1-16-7-3-6-10-22(16)25-24(28)20-13-18-8-4-5-9-19(18)21(23(20)27)15-26-11-12-29-17(2)14-26/h3-10,13,17,27H,11-12,14-15H2,1-2H3,(H,25,28)/t17-/m0/s1. The van der Waals surface area contributed by atoms with Crippen molar-refractivity contribution in [1.82, 2.24) is 4.90 Å². The number of rotatable bonds is 4.